The van der Waals surface area contributed by atoms with Gasteiger partial charge in [0.25, 0.3) is 0 Å². The van der Waals surface area contributed by atoms with Crippen LogP contribution in [0.3, 0.4) is 0 Å². The second kappa shape index (κ2) is 6.14. The highest BCUT2D eigenvalue weighted by molar-refractivity contribution is 5.80. The second-order valence-electron chi connectivity index (χ2n) is 4.34. The Kier molecular flexibility index (Phi) is 4.29. The molecular formula is C13H14FN3O3. The van der Waals surface area contributed by atoms with Gasteiger partial charge in [0.2, 0.25) is 5.91 Å². The first kappa shape index (κ1) is 14.0. The molecule has 2 N–H and O–H groups in total. The van der Waals surface area contributed by atoms with Gasteiger partial charge in [-0.2, -0.15) is 0 Å². The molecule has 0 radical (unpaired) electrons. The highest BCUT2D eigenvalue weighted by atomic mass is 19.1. The summed E-state index contributed by atoms with van der Waals surface area (Å²) in [6.07, 6.45) is 3.31. The molecule has 6 nitrogen and oxygen atoms in total. The number of halogens is 1. The molecule has 0 saturated carbocycles. The number of nitrogens with one attached hydrogen (secondary N) is 1. The van der Waals surface area contributed by atoms with Crippen LogP contribution in [0.1, 0.15) is 18.5 Å². The van der Waals surface area contributed by atoms with Crippen molar-refractivity contribution >= 4 is 17.5 Å². The fourth-order valence-corrected chi connectivity index (χ4v) is 1.78. The number of hydrogen-bond acceptors (Lipinski definition) is 3. The summed E-state index contributed by atoms with van der Waals surface area (Å²) in [6, 6.07) is 2.91. The normalized spacial score (nSPS) is 10.7. The maximum Gasteiger partial charge on any atom is 0.303 e. The van der Waals surface area contributed by atoms with Crippen molar-refractivity contribution in [2.75, 3.05) is 6.54 Å². The third kappa shape index (κ3) is 3.78. The van der Waals surface area contributed by atoms with Crippen molar-refractivity contribution in [3.63, 3.8) is 0 Å². The van der Waals surface area contributed by atoms with Gasteiger partial charge in [0.15, 0.2) is 0 Å². The molecule has 2 aromatic heterocycles. The molecule has 0 spiro atoms. The summed E-state index contributed by atoms with van der Waals surface area (Å²) in [6.45, 7) is 0.366. The molecule has 7 heteroatoms. The maximum absolute atomic E-state index is 13.0. The molecule has 0 aliphatic carbocycles. The molecular weight excluding hydrogens is 265 g/mol. The van der Waals surface area contributed by atoms with Crippen LogP contribution in [-0.4, -0.2) is 32.9 Å². The molecule has 106 valence electrons. The first-order valence-electron chi connectivity index (χ1n) is 6.16. The minimum absolute atomic E-state index is 0.0360. The van der Waals surface area contributed by atoms with E-state index in [1.165, 1.54) is 12.3 Å². The van der Waals surface area contributed by atoms with Crippen molar-refractivity contribution in [2.45, 2.75) is 19.3 Å². The highest BCUT2D eigenvalue weighted by Crippen LogP contribution is 2.07. The number of imidazole rings is 1. The van der Waals surface area contributed by atoms with E-state index < -0.39 is 5.97 Å². The first-order chi connectivity index (χ1) is 9.54. The zero-order chi connectivity index (χ0) is 14.5. The summed E-state index contributed by atoms with van der Waals surface area (Å²) < 4.78 is 14.6. The largest absolute Gasteiger partial charge is 0.481 e. The Morgan fingerprint density at radius 2 is 2.10 bits per heavy atom. The van der Waals surface area contributed by atoms with Gasteiger partial charge in [-0.1, -0.05) is 0 Å². The van der Waals surface area contributed by atoms with E-state index in [2.05, 4.69) is 10.3 Å². The monoisotopic (exact) mass is 279 g/mol. The lowest BCUT2D eigenvalue weighted by Gasteiger charge is -2.01. The quantitative estimate of drug-likeness (QED) is 0.826. The van der Waals surface area contributed by atoms with Gasteiger partial charge < -0.3 is 14.8 Å². The van der Waals surface area contributed by atoms with Gasteiger partial charge in [0.1, 0.15) is 11.5 Å². The smallest absolute Gasteiger partial charge is 0.303 e. The maximum atomic E-state index is 13.0. The average molecular weight is 279 g/mol. The fourth-order valence-electron chi connectivity index (χ4n) is 1.78. The van der Waals surface area contributed by atoms with Crippen molar-refractivity contribution in [1.82, 2.24) is 14.7 Å². The molecule has 0 aromatic carbocycles. The summed E-state index contributed by atoms with van der Waals surface area (Å²) in [5, 5.41) is 11.1. The predicted octanol–water partition coefficient (Wildman–Crippen LogP) is 0.997. The Bertz CT molecular complexity index is 639. The van der Waals surface area contributed by atoms with Gasteiger partial charge in [0, 0.05) is 31.8 Å². The van der Waals surface area contributed by atoms with Crippen LogP contribution in [-0.2, 0) is 16.0 Å². The molecule has 0 bridgehead atoms. The van der Waals surface area contributed by atoms with E-state index in [0.717, 1.165) is 5.69 Å². The molecule has 0 unspecified atom stereocenters. The number of carboxylic acids is 1. The van der Waals surface area contributed by atoms with Crippen molar-refractivity contribution in [3.8, 4) is 0 Å². The standard InChI is InChI=1S/C13H14FN3O3/c14-9-1-2-11-16-10(8-17(11)7-9)5-6-15-12(18)3-4-13(19)20/h1-2,7-8H,3-6H2,(H,15,18)(H,19,20). The van der Waals surface area contributed by atoms with Crippen molar-refractivity contribution < 1.29 is 19.1 Å². The number of carbonyl (C=O) groups excluding carboxylic acids is 1. The molecule has 20 heavy (non-hydrogen) atoms. The minimum atomic E-state index is -0.998. The van der Waals surface area contributed by atoms with E-state index >= 15 is 0 Å². The molecule has 0 atom stereocenters. The van der Waals surface area contributed by atoms with Crippen LogP contribution >= 0.6 is 0 Å². The van der Waals surface area contributed by atoms with Gasteiger partial charge in [-0.05, 0) is 12.1 Å². The number of rotatable bonds is 6. The van der Waals surface area contributed by atoms with Crippen LogP contribution in [0.2, 0.25) is 0 Å². The number of fused-ring (bicyclic) bond motifs is 1. The average Bonchev–Trinajstić information content (AvgIpc) is 2.78. The van der Waals surface area contributed by atoms with Gasteiger partial charge in [-0.25, -0.2) is 9.37 Å². The van der Waals surface area contributed by atoms with Crippen LogP contribution in [0, 0.1) is 5.82 Å². The number of hydrogen-bond donors (Lipinski definition) is 2. The number of pyridine rings is 1. The Morgan fingerprint density at radius 3 is 2.85 bits per heavy atom. The fraction of sp³-hybridized carbons (Fsp3) is 0.308. The lowest BCUT2D eigenvalue weighted by atomic mass is 10.3. The zero-order valence-corrected chi connectivity index (χ0v) is 10.7. The third-order valence-electron chi connectivity index (χ3n) is 2.73. The Morgan fingerprint density at radius 1 is 1.30 bits per heavy atom. The third-order valence-corrected chi connectivity index (χ3v) is 2.73. The van der Waals surface area contributed by atoms with E-state index in [4.69, 9.17) is 5.11 Å². The van der Waals surface area contributed by atoms with E-state index in [1.54, 1.807) is 16.7 Å². The number of carboxylic acid groups (broad SMARTS) is 1. The van der Waals surface area contributed by atoms with Crippen molar-refractivity contribution in [1.29, 1.82) is 0 Å². The van der Waals surface area contributed by atoms with Gasteiger partial charge in [0.05, 0.1) is 12.1 Å². The number of aromatic nitrogens is 2. The van der Waals surface area contributed by atoms with Crippen molar-refractivity contribution in [3.05, 3.63) is 36.0 Å². The zero-order valence-electron chi connectivity index (χ0n) is 10.7. The van der Waals surface area contributed by atoms with E-state index in [9.17, 15) is 14.0 Å². The van der Waals surface area contributed by atoms with Crippen LogP contribution < -0.4 is 5.32 Å². The van der Waals surface area contributed by atoms with Crippen LogP contribution in [0.15, 0.2) is 24.5 Å². The molecule has 0 aliphatic heterocycles. The summed E-state index contributed by atoms with van der Waals surface area (Å²) in [5.74, 6) is -1.65. The molecule has 0 fully saturated rings. The minimum Gasteiger partial charge on any atom is -0.481 e. The summed E-state index contributed by atoms with van der Waals surface area (Å²) in [7, 11) is 0. The van der Waals surface area contributed by atoms with Gasteiger partial charge in [-0.3, -0.25) is 9.59 Å². The van der Waals surface area contributed by atoms with Crippen molar-refractivity contribution in [2.24, 2.45) is 0 Å². The second-order valence-corrected chi connectivity index (χ2v) is 4.34. The molecule has 2 heterocycles. The number of carbonyl (C=O) groups is 2. The van der Waals surface area contributed by atoms with Crippen LogP contribution in [0.5, 0.6) is 0 Å². The van der Waals surface area contributed by atoms with E-state index in [0.29, 0.717) is 18.6 Å². The lowest BCUT2D eigenvalue weighted by molar-refractivity contribution is -0.138. The topological polar surface area (TPSA) is 83.7 Å². The van der Waals surface area contributed by atoms with E-state index in [-0.39, 0.29) is 24.6 Å². The predicted molar refractivity (Wildman–Crippen MR) is 68.7 cm³/mol. The Hall–Kier alpha value is -2.44. The summed E-state index contributed by atoms with van der Waals surface area (Å²) >= 11 is 0. The first-order valence-corrected chi connectivity index (χ1v) is 6.16. The molecule has 2 rings (SSSR count). The Balaban J connectivity index is 1.83. The van der Waals surface area contributed by atoms with Gasteiger partial charge in [-0.15, -0.1) is 0 Å². The highest BCUT2D eigenvalue weighted by Gasteiger charge is 2.06. The summed E-state index contributed by atoms with van der Waals surface area (Å²) in [4.78, 5) is 25.9. The number of nitrogens with zero attached hydrogens (tertiary/aromatic N) is 2. The molecule has 0 aliphatic rings. The van der Waals surface area contributed by atoms with Gasteiger partial charge >= 0.3 is 5.97 Å². The number of amides is 1. The molecule has 0 saturated heterocycles. The van der Waals surface area contributed by atoms with E-state index in [1.807, 2.05) is 0 Å². The summed E-state index contributed by atoms with van der Waals surface area (Å²) in [5.41, 5.74) is 1.37. The van der Waals surface area contributed by atoms with Crippen LogP contribution in [0.25, 0.3) is 5.65 Å². The molecule has 1 amide bonds. The SMILES string of the molecule is O=C(O)CCC(=O)NCCc1cn2cc(F)ccc2n1. The Labute approximate surface area is 114 Å². The molecule has 2 aromatic rings. The lowest BCUT2D eigenvalue weighted by Crippen LogP contribution is -2.26. The number of aliphatic carboxylic acids is 1. The van der Waals surface area contributed by atoms with Crippen LogP contribution in [0.4, 0.5) is 4.39 Å².